The van der Waals surface area contributed by atoms with Gasteiger partial charge in [0, 0.05) is 0 Å². The van der Waals surface area contributed by atoms with Crippen LogP contribution in [-0.4, -0.2) is 31.2 Å². The SMILES string of the molecule is CCNC(C)C(=O)NCC(F)(F)F. The molecular weight excluding hydrogens is 185 g/mol. The lowest BCUT2D eigenvalue weighted by Gasteiger charge is -2.13. The summed E-state index contributed by atoms with van der Waals surface area (Å²) in [6.45, 7) is 2.55. The Kier molecular flexibility index (Phi) is 4.76. The van der Waals surface area contributed by atoms with E-state index in [4.69, 9.17) is 0 Å². The molecule has 0 bridgehead atoms. The number of likely N-dealkylation sites (N-methyl/N-ethyl adjacent to an activating group) is 1. The molecule has 1 atom stereocenters. The molecule has 0 spiro atoms. The molecule has 6 heteroatoms. The van der Waals surface area contributed by atoms with Gasteiger partial charge in [-0.15, -0.1) is 0 Å². The number of nitrogens with one attached hydrogen (secondary N) is 2. The van der Waals surface area contributed by atoms with Gasteiger partial charge >= 0.3 is 6.18 Å². The van der Waals surface area contributed by atoms with Crippen LogP contribution in [0.5, 0.6) is 0 Å². The average Bonchev–Trinajstić information content (AvgIpc) is 1.99. The molecule has 0 aliphatic heterocycles. The van der Waals surface area contributed by atoms with Gasteiger partial charge in [0.25, 0.3) is 0 Å². The number of carbonyl (C=O) groups is 1. The van der Waals surface area contributed by atoms with Crippen molar-refractivity contribution in [1.29, 1.82) is 0 Å². The van der Waals surface area contributed by atoms with E-state index in [1.165, 1.54) is 6.92 Å². The fraction of sp³-hybridized carbons (Fsp3) is 0.857. The molecule has 0 aromatic heterocycles. The highest BCUT2D eigenvalue weighted by molar-refractivity contribution is 5.81. The Morgan fingerprint density at radius 1 is 1.46 bits per heavy atom. The summed E-state index contributed by atoms with van der Waals surface area (Å²) in [6.07, 6.45) is -4.35. The lowest BCUT2D eigenvalue weighted by Crippen LogP contribution is -2.45. The molecule has 0 saturated heterocycles. The second kappa shape index (κ2) is 5.06. The normalized spacial score (nSPS) is 13.9. The minimum Gasteiger partial charge on any atom is -0.346 e. The van der Waals surface area contributed by atoms with Gasteiger partial charge in [-0.25, -0.2) is 0 Å². The Morgan fingerprint density at radius 2 is 2.00 bits per heavy atom. The molecule has 0 saturated carbocycles. The number of halogens is 3. The van der Waals surface area contributed by atoms with E-state index in [-0.39, 0.29) is 0 Å². The number of amides is 1. The summed E-state index contributed by atoms with van der Waals surface area (Å²) in [5, 5.41) is 4.48. The van der Waals surface area contributed by atoms with E-state index in [2.05, 4.69) is 5.32 Å². The van der Waals surface area contributed by atoms with Crippen molar-refractivity contribution in [3.8, 4) is 0 Å². The zero-order valence-corrected chi connectivity index (χ0v) is 7.53. The van der Waals surface area contributed by atoms with Crippen LogP contribution in [0.25, 0.3) is 0 Å². The fourth-order valence-electron chi connectivity index (χ4n) is 0.739. The van der Waals surface area contributed by atoms with E-state index in [1.54, 1.807) is 12.2 Å². The number of alkyl halides is 3. The summed E-state index contributed by atoms with van der Waals surface area (Å²) in [5.41, 5.74) is 0. The highest BCUT2D eigenvalue weighted by Gasteiger charge is 2.28. The van der Waals surface area contributed by atoms with Crippen molar-refractivity contribution < 1.29 is 18.0 Å². The van der Waals surface area contributed by atoms with Crippen LogP contribution in [0, 0.1) is 0 Å². The van der Waals surface area contributed by atoms with Gasteiger partial charge in [-0.3, -0.25) is 4.79 Å². The van der Waals surface area contributed by atoms with Crippen molar-refractivity contribution in [2.75, 3.05) is 13.1 Å². The number of hydrogen-bond acceptors (Lipinski definition) is 2. The molecule has 1 amide bonds. The summed E-state index contributed by atoms with van der Waals surface area (Å²) >= 11 is 0. The number of rotatable bonds is 4. The van der Waals surface area contributed by atoms with E-state index in [0.29, 0.717) is 6.54 Å². The smallest absolute Gasteiger partial charge is 0.346 e. The van der Waals surface area contributed by atoms with E-state index in [1.807, 2.05) is 0 Å². The Labute approximate surface area is 74.7 Å². The molecule has 13 heavy (non-hydrogen) atoms. The van der Waals surface area contributed by atoms with Crippen LogP contribution in [0.3, 0.4) is 0 Å². The van der Waals surface area contributed by atoms with Gasteiger partial charge in [0.15, 0.2) is 0 Å². The summed E-state index contributed by atoms with van der Waals surface area (Å²) in [6, 6.07) is -0.590. The first-order chi connectivity index (χ1) is 5.87. The molecule has 0 aromatic carbocycles. The van der Waals surface area contributed by atoms with Gasteiger partial charge in [0.05, 0.1) is 6.04 Å². The average molecular weight is 198 g/mol. The van der Waals surface area contributed by atoms with E-state index in [9.17, 15) is 18.0 Å². The third kappa shape index (κ3) is 6.39. The summed E-state index contributed by atoms with van der Waals surface area (Å²) in [7, 11) is 0. The largest absolute Gasteiger partial charge is 0.405 e. The molecule has 78 valence electrons. The zero-order chi connectivity index (χ0) is 10.5. The second-order valence-electron chi connectivity index (χ2n) is 2.61. The fourth-order valence-corrected chi connectivity index (χ4v) is 0.739. The first-order valence-corrected chi connectivity index (χ1v) is 3.94. The van der Waals surface area contributed by atoms with Crippen molar-refractivity contribution in [1.82, 2.24) is 10.6 Å². The monoisotopic (exact) mass is 198 g/mol. The minimum atomic E-state index is -4.35. The van der Waals surface area contributed by atoms with Crippen LogP contribution in [0.1, 0.15) is 13.8 Å². The molecule has 3 nitrogen and oxygen atoms in total. The van der Waals surface area contributed by atoms with Gasteiger partial charge in [-0.2, -0.15) is 13.2 Å². The summed E-state index contributed by atoms with van der Waals surface area (Å²) in [4.78, 5) is 10.9. The van der Waals surface area contributed by atoms with Crippen molar-refractivity contribution in [2.24, 2.45) is 0 Å². The Hall–Kier alpha value is -0.780. The molecular formula is C7H13F3N2O. The van der Waals surface area contributed by atoms with Gasteiger partial charge in [-0.05, 0) is 13.5 Å². The topological polar surface area (TPSA) is 41.1 Å². The highest BCUT2D eigenvalue weighted by atomic mass is 19.4. The van der Waals surface area contributed by atoms with E-state index < -0.39 is 24.7 Å². The van der Waals surface area contributed by atoms with Crippen LogP contribution in [0.15, 0.2) is 0 Å². The summed E-state index contributed by atoms with van der Waals surface area (Å²) < 4.78 is 34.9. The second-order valence-corrected chi connectivity index (χ2v) is 2.61. The van der Waals surface area contributed by atoms with Crippen molar-refractivity contribution in [2.45, 2.75) is 26.1 Å². The molecule has 0 aliphatic carbocycles. The lowest BCUT2D eigenvalue weighted by atomic mass is 10.3. The van der Waals surface area contributed by atoms with E-state index >= 15 is 0 Å². The molecule has 0 aliphatic rings. The zero-order valence-electron chi connectivity index (χ0n) is 7.53. The van der Waals surface area contributed by atoms with Gasteiger partial charge in [0.2, 0.25) is 5.91 Å². The van der Waals surface area contributed by atoms with Crippen molar-refractivity contribution >= 4 is 5.91 Å². The van der Waals surface area contributed by atoms with Crippen molar-refractivity contribution in [3.05, 3.63) is 0 Å². The van der Waals surface area contributed by atoms with Crippen molar-refractivity contribution in [3.63, 3.8) is 0 Å². The lowest BCUT2D eigenvalue weighted by molar-refractivity contribution is -0.139. The number of hydrogen-bond donors (Lipinski definition) is 2. The molecule has 0 radical (unpaired) electrons. The predicted molar refractivity (Wildman–Crippen MR) is 42.2 cm³/mol. The summed E-state index contributed by atoms with van der Waals surface area (Å²) in [5.74, 6) is -0.640. The molecule has 0 aromatic rings. The molecule has 0 fully saturated rings. The molecule has 0 heterocycles. The first-order valence-electron chi connectivity index (χ1n) is 3.94. The highest BCUT2D eigenvalue weighted by Crippen LogP contribution is 2.12. The standard InChI is InChI=1S/C7H13F3N2O/c1-3-11-5(2)6(13)12-4-7(8,9)10/h5,11H,3-4H2,1-2H3,(H,12,13). The Morgan fingerprint density at radius 3 is 2.38 bits per heavy atom. The Balaban J connectivity index is 3.74. The predicted octanol–water partition coefficient (Wildman–Crippen LogP) is 0.663. The molecule has 1 unspecified atom stereocenters. The first kappa shape index (κ1) is 12.2. The molecule has 2 N–H and O–H groups in total. The maximum absolute atomic E-state index is 11.6. The third-order valence-electron chi connectivity index (χ3n) is 1.37. The maximum Gasteiger partial charge on any atom is 0.405 e. The quantitative estimate of drug-likeness (QED) is 0.696. The van der Waals surface area contributed by atoms with Crippen LogP contribution in [-0.2, 0) is 4.79 Å². The van der Waals surface area contributed by atoms with Gasteiger partial charge < -0.3 is 10.6 Å². The molecule has 0 rings (SSSR count). The van der Waals surface area contributed by atoms with Crippen LogP contribution < -0.4 is 10.6 Å². The van der Waals surface area contributed by atoms with Crippen LogP contribution in [0.2, 0.25) is 0 Å². The van der Waals surface area contributed by atoms with Gasteiger partial charge in [-0.1, -0.05) is 6.92 Å². The van der Waals surface area contributed by atoms with E-state index in [0.717, 1.165) is 0 Å². The third-order valence-corrected chi connectivity index (χ3v) is 1.37. The van der Waals surface area contributed by atoms with Crippen LogP contribution >= 0.6 is 0 Å². The Bertz CT molecular complexity index is 170. The number of carbonyl (C=O) groups excluding carboxylic acids is 1. The maximum atomic E-state index is 11.6. The van der Waals surface area contributed by atoms with Gasteiger partial charge in [0.1, 0.15) is 6.54 Å². The van der Waals surface area contributed by atoms with Crippen LogP contribution in [0.4, 0.5) is 13.2 Å². The minimum absolute atomic E-state index is 0.542.